The Morgan fingerprint density at radius 3 is 2.96 bits per heavy atom. The van der Waals surface area contributed by atoms with E-state index in [0.717, 1.165) is 30.8 Å². The molecule has 2 aromatic rings. The molecule has 0 saturated carbocycles. The number of hydrogen-bond donors (Lipinski definition) is 1. The average molecular weight is 329 g/mol. The van der Waals surface area contributed by atoms with Crippen molar-refractivity contribution >= 4 is 0 Å². The van der Waals surface area contributed by atoms with Gasteiger partial charge in [-0.25, -0.2) is 0 Å². The summed E-state index contributed by atoms with van der Waals surface area (Å²) in [6.45, 7) is 5.12. The number of aromatic nitrogens is 2. The first-order valence-corrected chi connectivity index (χ1v) is 8.66. The predicted octanol–water partition coefficient (Wildman–Crippen LogP) is 2.03. The van der Waals surface area contributed by atoms with Gasteiger partial charge in [0, 0.05) is 26.3 Å². The Hall–Kier alpha value is -1.85. The minimum atomic E-state index is -0.457. The van der Waals surface area contributed by atoms with Crippen LogP contribution >= 0.6 is 0 Å². The highest BCUT2D eigenvalue weighted by Crippen LogP contribution is 2.21. The summed E-state index contributed by atoms with van der Waals surface area (Å²) >= 11 is 0. The van der Waals surface area contributed by atoms with E-state index in [4.69, 9.17) is 4.74 Å². The van der Waals surface area contributed by atoms with Gasteiger partial charge >= 0.3 is 0 Å². The van der Waals surface area contributed by atoms with E-state index in [0.29, 0.717) is 19.1 Å². The Balaban J connectivity index is 1.41. The van der Waals surface area contributed by atoms with Gasteiger partial charge in [0.25, 0.3) is 0 Å². The zero-order valence-electron chi connectivity index (χ0n) is 14.6. The van der Waals surface area contributed by atoms with Crippen LogP contribution in [0.1, 0.15) is 17.5 Å². The minimum absolute atomic E-state index is 0.342. The first kappa shape index (κ1) is 17.0. The number of aliphatic hydroxyl groups is 1. The van der Waals surface area contributed by atoms with Crippen molar-refractivity contribution in [2.75, 3.05) is 26.2 Å². The van der Waals surface area contributed by atoms with E-state index in [2.05, 4.69) is 16.2 Å². The number of hydrogen-bond acceptors (Lipinski definition) is 4. The second kappa shape index (κ2) is 7.81. The standard InChI is InChI=1S/C19H27N3O2/c1-15-5-3-4-6-19(15)24-14-18(23)13-22-8-7-16(12-22)9-17-10-20-21(2)11-17/h3-6,10-11,16,18,23H,7-9,12-14H2,1-2H3. The highest BCUT2D eigenvalue weighted by molar-refractivity contribution is 5.31. The second-order valence-corrected chi connectivity index (χ2v) is 6.87. The van der Waals surface area contributed by atoms with Crippen LogP contribution in [0.25, 0.3) is 0 Å². The molecule has 1 aromatic carbocycles. The third-order valence-corrected chi connectivity index (χ3v) is 4.65. The smallest absolute Gasteiger partial charge is 0.122 e. The summed E-state index contributed by atoms with van der Waals surface area (Å²) in [5.41, 5.74) is 2.40. The molecule has 0 amide bonds. The molecular formula is C19H27N3O2. The average Bonchev–Trinajstić information content (AvgIpc) is 3.16. The quantitative estimate of drug-likeness (QED) is 0.844. The Morgan fingerprint density at radius 2 is 2.21 bits per heavy atom. The van der Waals surface area contributed by atoms with Crippen LogP contribution in [0.4, 0.5) is 0 Å². The Labute approximate surface area is 143 Å². The van der Waals surface area contributed by atoms with E-state index in [1.54, 1.807) is 0 Å². The fourth-order valence-electron chi connectivity index (χ4n) is 3.41. The van der Waals surface area contributed by atoms with Crippen molar-refractivity contribution in [3.05, 3.63) is 47.8 Å². The lowest BCUT2D eigenvalue weighted by molar-refractivity contribution is 0.0744. The summed E-state index contributed by atoms with van der Waals surface area (Å²) in [7, 11) is 1.95. The van der Waals surface area contributed by atoms with Crippen molar-refractivity contribution < 1.29 is 9.84 Å². The maximum absolute atomic E-state index is 10.3. The number of aryl methyl sites for hydroxylation is 2. The molecule has 1 aliphatic heterocycles. The van der Waals surface area contributed by atoms with Crippen LogP contribution in [0, 0.1) is 12.8 Å². The van der Waals surface area contributed by atoms with Gasteiger partial charge in [0.1, 0.15) is 18.5 Å². The van der Waals surface area contributed by atoms with E-state index in [-0.39, 0.29) is 0 Å². The molecule has 1 fully saturated rings. The first-order valence-electron chi connectivity index (χ1n) is 8.66. The van der Waals surface area contributed by atoms with Crippen LogP contribution < -0.4 is 4.74 Å². The fourth-order valence-corrected chi connectivity index (χ4v) is 3.41. The highest BCUT2D eigenvalue weighted by Gasteiger charge is 2.24. The number of para-hydroxylation sites is 1. The van der Waals surface area contributed by atoms with Gasteiger partial charge in [0.15, 0.2) is 0 Å². The monoisotopic (exact) mass is 329 g/mol. The molecule has 130 valence electrons. The number of aliphatic hydroxyl groups excluding tert-OH is 1. The second-order valence-electron chi connectivity index (χ2n) is 6.87. The molecule has 3 rings (SSSR count). The summed E-state index contributed by atoms with van der Waals surface area (Å²) in [5.74, 6) is 1.51. The van der Waals surface area contributed by atoms with Crippen molar-refractivity contribution in [2.24, 2.45) is 13.0 Å². The number of β-amino-alcohol motifs (C(OH)–C–C–N with tert-alkyl or cyclic N) is 1. The molecular weight excluding hydrogens is 302 g/mol. The number of ether oxygens (including phenoxy) is 1. The van der Waals surface area contributed by atoms with E-state index >= 15 is 0 Å². The Bertz CT molecular complexity index is 656. The van der Waals surface area contributed by atoms with E-state index < -0.39 is 6.10 Å². The fraction of sp³-hybridized carbons (Fsp3) is 0.526. The number of rotatable bonds is 7. The molecule has 5 nitrogen and oxygen atoms in total. The van der Waals surface area contributed by atoms with Crippen molar-refractivity contribution in [2.45, 2.75) is 25.9 Å². The largest absolute Gasteiger partial charge is 0.491 e. The van der Waals surface area contributed by atoms with Crippen LogP contribution in [-0.2, 0) is 13.5 Å². The molecule has 1 saturated heterocycles. The van der Waals surface area contributed by atoms with Crippen molar-refractivity contribution in [1.29, 1.82) is 0 Å². The molecule has 0 aliphatic carbocycles. The molecule has 5 heteroatoms. The molecule has 2 atom stereocenters. The molecule has 1 aliphatic rings. The van der Waals surface area contributed by atoms with E-state index in [1.165, 1.54) is 12.0 Å². The molecule has 0 radical (unpaired) electrons. The van der Waals surface area contributed by atoms with Crippen molar-refractivity contribution in [3.8, 4) is 5.75 Å². The zero-order chi connectivity index (χ0) is 16.9. The van der Waals surface area contributed by atoms with Crippen LogP contribution in [0.15, 0.2) is 36.7 Å². The van der Waals surface area contributed by atoms with Gasteiger partial charge in [-0.15, -0.1) is 0 Å². The summed E-state index contributed by atoms with van der Waals surface area (Å²) in [4.78, 5) is 2.34. The van der Waals surface area contributed by atoms with E-state index in [1.807, 2.05) is 49.1 Å². The lowest BCUT2D eigenvalue weighted by Crippen LogP contribution is -2.34. The summed E-state index contributed by atoms with van der Waals surface area (Å²) < 4.78 is 7.60. The van der Waals surface area contributed by atoms with Gasteiger partial charge in [0.05, 0.1) is 6.20 Å². The maximum Gasteiger partial charge on any atom is 0.122 e. The van der Waals surface area contributed by atoms with Crippen molar-refractivity contribution in [3.63, 3.8) is 0 Å². The van der Waals surface area contributed by atoms with Gasteiger partial charge in [-0.05, 0) is 49.4 Å². The number of nitrogens with zero attached hydrogens (tertiary/aromatic N) is 3. The predicted molar refractivity (Wildman–Crippen MR) is 94.1 cm³/mol. The van der Waals surface area contributed by atoms with Gasteiger partial charge in [-0.2, -0.15) is 5.10 Å². The van der Waals surface area contributed by atoms with Gasteiger partial charge in [-0.3, -0.25) is 4.68 Å². The van der Waals surface area contributed by atoms with Crippen LogP contribution in [0.5, 0.6) is 5.75 Å². The first-order chi connectivity index (χ1) is 11.6. The van der Waals surface area contributed by atoms with Crippen molar-refractivity contribution in [1.82, 2.24) is 14.7 Å². The normalized spacial score (nSPS) is 19.5. The van der Waals surface area contributed by atoms with E-state index in [9.17, 15) is 5.11 Å². The topological polar surface area (TPSA) is 50.5 Å². The molecule has 1 aromatic heterocycles. The highest BCUT2D eigenvalue weighted by atomic mass is 16.5. The lowest BCUT2D eigenvalue weighted by Gasteiger charge is -2.20. The zero-order valence-corrected chi connectivity index (χ0v) is 14.6. The third-order valence-electron chi connectivity index (χ3n) is 4.65. The summed E-state index contributed by atoms with van der Waals surface area (Å²) in [5, 5.41) is 14.5. The third kappa shape index (κ3) is 4.58. The van der Waals surface area contributed by atoms with Gasteiger partial charge < -0.3 is 14.7 Å². The summed E-state index contributed by atoms with van der Waals surface area (Å²) in [6.07, 6.45) is 5.84. The molecule has 2 heterocycles. The lowest BCUT2D eigenvalue weighted by atomic mass is 10.0. The van der Waals surface area contributed by atoms with Gasteiger partial charge in [-0.1, -0.05) is 18.2 Å². The maximum atomic E-state index is 10.3. The minimum Gasteiger partial charge on any atom is -0.491 e. The van der Waals surface area contributed by atoms with Crippen LogP contribution in [0.3, 0.4) is 0 Å². The summed E-state index contributed by atoms with van der Waals surface area (Å²) in [6, 6.07) is 7.91. The molecule has 24 heavy (non-hydrogen) atoms. The Kier molecular flexibility index (Phi) is 5.53. The Morgan fingerprint density at radius 1 is 1.38 bits per heavy atom. The molecule has 1 N–H and O–H groups in total. The number of likely N-dealkylation sites (tertiary alicyclic amines) is 1. The van der Waals surface area contributed by atoms with Gasteiger partial charge in [0.2, 0.25) is 0 Å². The van der Waals surface area contributed by atoms with Crippen LogP contribution in [0.2, 0.25) is 0 Å². The molecule has 0 bridgehead atoms. The number of benzene rings is 1. The van der Waals surface area contributed by atoms with Crippen LogP contribution in [-0.4, -0.2) is 52.1 Å². The molecule has 0 spiro atoms. The molecule has 2 unspecified atom stereocenters. The SMILES string of the molecule is Cc1ccccc1OCC(O)CN1CCC(Cc2cnn(C)c2)C1.